The summed E-state index contributed by atoms with van der Waals surface area (Å²) in [7, 11) is 0. The first-order chi connectivity index (χ1) is 11.1. The van der Waals surface area contributed by atoms with Gasteiger partial charge in [-0.2, -0.15) is 0 Å². The predicted octanol–water partition coefficient (Wildman–Crippen LogP) is -0.902. The van der Waals surface area contributed by atoms with Crippen LogP contribution in [0.2, 0.25) is 0 Å². The summed E-state index contributed by atoms with van der Waals surface area (Å²) in [5, 5.41) is 49.1. The van der Waals surface area contributed by atoms with E-state index in [0.717, 1.165) is 0 Å². The molecule has 140 valence electrons. The van der Waals surface area contributed by atoms with Crippen molar-refractivity contribution in [1.29, 1.82) is 0 Å². The van der Waals surface area contributed by atoms with Crippen molar-refractivity contribution in [2.45, 2.75) is 18.4 Å². The molecule has 6 N–H and O–H groups in total. The average molecular weight is 352 g/mol. The fraction of sp³-hybridized carbons (Fsp3) is 0.500. The molecule has 0 aliphatic heterocycles. The monoisotopic (exact) mass is 352 g/mol. The highest BCUT2D eigenvalue weighted by Gasteiger charge is 2.40. The van der Waals surface area contributed by atoms with Gasteiger partial charge < -0.3 is 35.4 Å². The van der Waals surface area contributed by atoms with Crippen LogP contribution in [0.15, 0.2) is 25.3 Å². The van der Waals surface area contributed by atoms with Gasteiger partial charge in [-0.05, 0) is 0 Å². The molecule has 0 fully saturated rings. The number of carboxylic acids is 3. The zero-order chi connectivity index (χ0) is 19.6. The first-order valence-electron chi connectivity index (χ1n) is 6.51. The molecule has 0 atom stereocenters. The Bertz CT molecular complexity index is 365. The number of ether oxygens (including phenoxy) is 1. The molecule has 0 bridgehead atoms. The Morgan fingerprint density at radius 1 is 0.875 bits per heavy atom. The minimum Gasteiger partial charge on any atom is -0.481 e. The number of hydrogen-bond acceptors (Lipinski definition) is 7. The Morgan fingerprint density at radius 3 is 1.38 bits per heavy atom. The lowest BCUT2D eigenvalue weighted by Crippen LogP contribution is -2.42. The third kappa shape index (κ3) is 19.7. The highest BCUT2D eigenvalue weighted by Crippen LogP contribution is 2.15. The Kier molecular flexibility index (Phi) is 19.0. The molecular formula is C14H24O10. The van der Waals surface area contributed by atoms with Crippen molar-refractivity contribution in [3.8, 4) is 0 Å². The summed E-state index contributed by atoms with van der Waals surface area (Å²) in [6, 6.07) is 0. The van der Waals surface area contributed by atoms with Crippen molar-refractivity contribution in [3.63, 3.8) is 0 Å². The van der Waals surface area contributed by atoms with E-state index in [9.17, 15) is 14.4 Å². The molecule has 0 aromatic rings. The lowest BCUT2D eigenvalue weighted by molar-refractivity contribution is -0.170. The van der Waals surface area contributed by atoms with Crippen molar-refractivity contribution >= 4 is 17.9 Å². The van der Waals surface area contributed by atoms with E-state index in [2.05, 4.69) is 13.2 Å². The van der Waals surface area contributed by atoms with E-state index < -0.39 is 36.4 Å². The Morgan fingerprint density at radius 2 is 1.21 bits per heavy atom. The number of carbonyl (C=O) groups is 3. The van der Waals surface area contributed by atoms with E-state index in [1.165, 1.54) is 0 Å². The van der Waals surface area contributed by atoms with Gasteiger partial charge in [-0.25, -0.2) is 4.79 Å². The second-order valence-electron chi connectivity index (χ2n) is 4.04. The molecule has 0 unspecified atom stereocenters. The van der Waals surface area contributed by atoms with Gasteiger partial charge in [0.05, 0.1) is 39.3 Å². The van der Waals surface area contributed by atoms with E-state index in [1.54, 1.807) is 12.2 Å². The molecule has 24 heavy (non-hydrogen) atoms. The summed E-state index contributed by atoms with van der Waals surface area (Å²) in [5.41, 5.74) is -2.74. The second-order valence-corrected chi connectivity index (χ2v) is 4.04. The first kappa shape index (κ1) is 26.6. The molecule has 0 amide bonds. The van der Waals surface area contributed by atoms with Gasteiger partial charge in [-0.15, -0.1) is 13.2 Å². The van der Waals surface area contributed by atoms with E-state index in [1.807, 2.05) is 0 Å². The largest absolute Gasteiger partial charge is 0.481 e. The van der Waals surface area contributed by atoms with Crippen LogP contribution < -0.4 is 0 Å². The normalized spacial score (nSPS) is 9.46. The van der Waals surface area contributed by atoms with Crippen LogP contribution in [-0.2, 0) is 19.1 Å². The molecule has 10 nitrogen and oxygen atoms in total. The van der Waals surface area contributed by atoms with Crippen molar-refractivity contribution in [2.75, 3.05) is 26.4 Å². The smallest absolute Gasteiger partial charge is 0.336 e. The molecule has 0 saturated carbocycles. The molecule has 10 heteroatoms. The van der Waals surface area contributed by atoms with Gasteiger partial charge in [-0.1, -0.05) is 12.2 Å². The summed E-state index contributed by atoms with van der Waals surface area (Å²) >= 11 is 0. The molecule has 0 radical (unpaired) electrons. The maximum absolute atomic E-state index is 10.3. The Labute approximate surface area is 138 Å². The van der Waals surface area contributed by atoms with Crippen molar-refractivity contribution in [2.24, 2.45) is 0 Å². The fourth-order valence-electron chi connectivity index (χ4n) is 0.949. The number of hydrogen-bond donors (Lipinski definition) is 6. The molecule has 0 rings (SSSR count). The van der Waals surface area contributed by atoms with Crippen LogP contribution in [0.25, 0.3) is 0 Å². The zero-order valence-electron chi connectivity index (χ0n) is 13.1. The third-order valence-electron chi connectivity index (χ3n) is 1.86. The van der Waals surface area contributed by atoms with Crippen LogP contribution in [0.4, 0.5) is 0 Å². The molecule has 0 heterocycles. The molecule has 0 saturated heterocycles. The van der Waals surface area contributed by atoms with Gasteiger partial charge in [0.1, 0.15) is 0 Å². The van der Waals surface area contributed by atoms with Crippen LogP contribution in [0.5, 0.6) is 0 Å². The Balaban J connectivity index is -0.000000335. The molecule has 0 aromatic heterocycles. The quantitative estimate of drug-likeness (QED) is 0.213. The predicted molar refractivity (Wildman–Crippen MR) is 82.5 cm³/mol. The third-order valence-corrected chi connectivity index (χ3v) is 1.86. The topological polar surface area (TPSA) is 182 Å². The van der Waals surface area contributed by atoms with Gasteiger partial charge in [-0.3, -0.25) is 9.59 Å². The highest BCUT2D eigenvalue weighted by atomic mass is 16.5. The molecular weight excluding hydrogens is 328 g/mol. The van der Waals surface area contributed by atoms with Gasteiger partial charge in [0.15, 0.2) is 5.60 Å². The van der Waals surface area contributed by atoms with E-state index >= 15 is 0 Å². The standard InChI is InChI=1S/C6H8O7.C6H10O.C2H6O2/c7-3(8)1-6(13,5(11)12)2-4(9)10;1-3-5-7-6-4-2;3-1-2-4/h13H,1-2H2,(H,7,8)(H,9,10)(H,11,12);3-4H,1-2,5-6H2;3-4H,1-2H2. The van der Waals surface area contributed by atoms with Gasteiger partial charge in [0.25, 0.3) is 0 Å². The van der Waals surface area contributed by atoms with Gasteiger partial charge >= 0.3 is 17.9 Å². The Hall–Kier alpha value is -2.27. The van der Waals surface area contributed by atoms with Crippen molar-refractivity contribution in [1.82, 2.24) is 0 Å². The van der Waals surface area contributed by atoms with Crippen LogP contribution in [-0.4, -0.2) is 80.6 Å². The number of aliphatic hydroxyl groups excluding tert-OH is 2. The maximum Gasteiger partial charge on any atom is 0.336 e. The number of aliphatic carboxylic acids is 3. The molecule has 0 aliphatic rings. The van der Waals surface area contributed by atoms with Crippen LogP contribution in [0, 0.1) is 0 Å². The summed E-state index contributed by atoms with van der Waals surface area (Å²) in [6.45, 7) is 7.93. The maximum atomic E-state index is 10.3. The summed E-state index contributed by atoms with van der Waals surface area (Å²) < 4.78 is 4.90. The van der Waals surface area contributed by atoms with E-state index in [4.69, 9.17) is 35.4 Å². The van der Waals surface area contributed by atoms with Crippen LogP contribution in [0.1, 0.15) is 12.8 Å². The van der Waals surface area contributed by atoms with Gasteiger partial charge in [0, 0.05) is 0 Å². The first-order valence-corrected chi connectivity index (χ1v) is 6.51. The minimum atomic E-state index is -2.74. The molecule has 0 aliphatic carbocycles. The van der Waals surface area contributed by atoms with E-state index in [0.29, 0.717) is 13.2 Å². The minimum absolute atomic E-state index is 0.125. The summed E-state index contributed by atoms with van der Waals surface area (Å²) in [4.78, 5) is 30.5. The fourth-order valence-corrected chi connectivity index (χ4v) is 0.949. The molecule has 0 aromatic carbocycles. The van der Waals surface area contributed by atoms with Crippen LogP contribution in [0.3, 0.4) is 0 Å². The number of carboxylic acid groups (broad SMARTS) is 3. The number of rotatable bonds is 10. The summed E-state index contributed by atoms with van der Waals surface area (Å²) in [6.07, 6.45) is 1.14. The SMILES string of the molecule is C=CCOCC=C.O=C(O)CC(O)(CC(=O)O)C(=O)O.OCCO. The lowest BCUT2D eigenvalue weighted by atomic mass is 9.96. The van der Waals surface area contributed by atoms with Gasteiger partial charge in [0.2, 0.25) is 0 Å². The number of aliphatic hydroxyl groups is 3. The van der Waals surface area contributed by atoms with Crippen molar-refractivity contribution < 1.29 is 49.8 Å². The lowest BCUT2D eigenvalue weighted by Gasteiger charge is -2.18. The highest BCUT2D eigenvalue weighted by molar-refractivity contribution is 5.88. The zero-order valence-corrected chi connectivity index (χ0v) is 13.1. The average Bonchev–Trinajstić information content (AvgIpc) is 2.47. The van der Waals surface area contributed by atoms with Crippen molar-refractivity contribution in [3.05, 3.63) is 25.3 Å². The second kappa shape index (κ2) is 17.1. The van der Waals surface area contributed by atoms with E-state index in [-0.39, 0.29) is 13.2 Å². The molecule has 0 spiro atoms. The summed E-state index contributed by atoms with van der Waals surface area (Å²) in [5.74, 6) is -5.02. The van der Waals surface area contributed by atoms with Crippen LogP contribution >= 0.6 is 0 Å².